The third kappa shape index (κ3) is 3.40. The van der Waals surface area contributed by atoms with Crippen molar-refractivity contribution in [3.8, 4) is 0 Å². The molecule has 0 aliphatic heterocycles. The molecule has 0 saturated heterocycles. The molecule has 0 saturated carbocycles. The zero-order valence-electron chi connectivity index (χ0n) is 11.3. The number of hydrogen-bond donors (Lipinski definition) is 0. The summed E-state index contributed by atoms with van der Waals surface area (Å²) in [5, 5.41) is 4.33. The van der Waals surface area contributed by atoms with Crippen molar-refractivity contribution in [2.24, 2.45) is 0 Å². The molecule has 111 valence electrons. The van der Waals surface area contributed by atoms with Gasteiger partial charge in [-0.15, -0.1) is 0 Å². The van der Waals surface area contributed by atoms with Gasteiger partial charge in [-0.05, 0) is 0 Å². The second-order valence-corrected chi connectivity index (χ2v) is 12.7. The Hall–Kier alpha value is -0.661. The molecule has 3 rings (SSSR count). The molecule has 0 atom stereocenters. The zero-order chi connectivity index (χ0) is 13.8. The predicted molar refractivity (Wildman–Crippen MR) is 101 cm³/mol. The molecule has 3 heteroatoms. The smallest absolute Gasteiger partial charge is 0 e. The summed E-state index contributed by atoms with van der Waals surface area (Å²) in [7, 11) is 0. The molecule has 0 aromatic heterocycles. The molecule has 0 amide bonds. The number of halogens is 1. The topological polar surface area (TPSA) is 0 Å². The van der Waals surface area contributed by atoms with Crippen LogP contribution in [-0.2, 0) is 17.1 Å². The monoisotopic (exact) mass is 453 g/mol. The second-order valence-electron chi connectivity index (χ2n) is 4.76. The summed E-state index contributed by atoms with van der Waals surface area (Å²) in [4.78, 5) is -1.91. The average Bonchev–Trinajstić information content (AvgIpc) is 2.56. The van der Waals surface area contributed by atoms with Crippen molar-refractivity contribution in [1.29, 1.82) is 0 Å². The van der Waals surface area contributed by atoms with E-state index < -0.39 is 4.90 Å². The first kappa shape index (κ1) is 16.7. The fraction of sp³-hybridized carbons (Fsp3) is 0. The molecule has 0 nitrogen and oxygen atoms in total. The molecule has 1 radical (unpaired) electrons. The molecule has 0 bridgehead atoms. The summed E-state index contributed by atoms with van der Waals surface area (Å²) in [5.41, 5.74) is 0. The van der Waals surface area contributed by atoms with Gasteiger partial charge in [0.1, 0.15) is 0 Å². The van der Waals surface area contributed by atoms with E-state index in [2.05, 4.69) is 113 Å². The standard InChI is InChI=1S/C18H16IP.Cu/c19-20(16-10-4-1-5-11-16,17-12-6-2-7-13-17)18-14-8-3-9-15-18;/h1-15,20H;. The van der Waals surface area contributed by atoms with E-state index in [0.717, 1.165) is 0 Å². The molecule has 0 spiro atoms. The SMILES string of the molecule is I[PH](c1ccccc1)(c1ccccc1)c1ccccc1.[Cu]. The van der Waals surface area contributed by atoms with E-state index in [4.69, 9.17) is 0 Å². The molecule has 3 aromatic carbocycles. The molecular formula is C18H16CuIP. The quantitative estimate of drug-likeness (QED) is 0.319. The van der Waals surface area contributed by atoms with Crippen LogP contribution in [0.2, 0.25) is 0 Å². The van der Waals surface area contributed by atoms with E-state index in [9.17, 15) is 0 Å². The van der Waals surface area contributed by atoms with Crippen LogP contribution in [0, 0.1) is 0 Å². The van der Waals surface area contributed by atoms with Crippen LogP contribution in [0.5, 0.6) is 0 Å². The summed E-state index contributed by atoms with van der Waals surface area (Å²) >= 11 is 2.71. The van der Waals surface area contributed by atoms with Gasteiger partial charge < -0.3 is 0 Å². The maximum Gasteiger partial charge on any atom is 0 e. The van der Waals surface area contributed by atoms with Gasteiger partial charge in [-0.25, -0.2) is 0 Å². The Morgan fingerprint density at radius 1 is 0.476 bits per heavy atom. The van der Waals surface area contributed by atoms with Gasteiger partial charge in [-0.2, -0.15) is 0 Å². The molecule has 0 heterocycles. The van der Waals surface area contributed by atoms with E-state index in [1.807, 2.05) is 0 Å². The summed E-state index contributed by atoms with van der Waals surface area (Å²) in [6, 6.07) is 32.7. The van der Waals surface area contributed by atoms with E-state index in [-0.39, 0.29) is 17.1 Å². The Bertz CT molecular complexity index is 575. The Kier molecular flexibility index (Phi) is 6.01. The van der Waals surface area contributed by atoms with Gasteiger partial charge in [0.15, 0.2) is 0 Å². The van der Waals surface area contributed by atoms with Crippen LogP contribution in [0.4, 0.5) is 0 Å². The predicted octanol–water partition coefficient (Wildman–Crippen LogP) is 4.06. The molecule has 0 N–H and O–H groups in total. The zero-order valence-corrected chi connectivity index (χ0v) is 15.4. The van der Waals surface area contributed by atoms with Gasteiger partial charge in [0.25, 0.3) is 0 Å². The van der Waals surface area contributed by atoms with Crippen molar-refractivity contribution in [3.63, 3.8) is 0 Å². The fourth-order valence-corrected chi connectivity index (χ4v) is 8.70. The Balaban J connectivity index is 0.00000161. The Morgan fingerprint density at radius 2 is 0.714 bits per heavy atom. The summed E-state index contributed by atoms with van der Waals surface area (Å²) in [6.45, 7) is 0. The van der Waals surface area contributed by atoms with Crippen molar-refractivity contribution >= 4 is 42.9 Å². The van der Waals surface area contributed by atoms with Crippen LogP contribution < -0.4 is 15.9 Å². The number of benzene rings is 3. The first-order chi connectivity index (χ1) is 9.82. The van der Waals surface area contributed by atoms with Crippen LogP contribution >= 0.6 is 26.9 Å². The van der Waals surface area contributed by atoms with Gasteiger partial charge in [0.05, 0.1) is 0 Å². The van der Waals surface area contributed by atoms with Gasteiger partial charge in [-0.1, -0.05) is 0 Å². The summed E-state index contributed by atoms with van der Waals surface area (Å²) in [5.74, 6) is 0. The minimum atomic E-state index is -1.91. The van der Waals surface area contributed by atoms with Crippen molar-refractivity contribution in [2.45, 2.75) is 0 Å². The van der Waals surface area contributed by atoms with Crippen LogP contribution in [-0.4, -0.2) is 0 Å². The van der Waals surface area contributed by atoms with Gasteiger partial charge in [0, 0.05) is 17.1 Å². The summed E-state index contributed by atoms with van der Waals surface area (Å²) < 4.78 is 0. The molecule has 3 aromatic rings. The van der Waals surface area contributed by atoms with Crippen LogP contribution in [0.1, 0.15) is 0 Å². The van der Waals surface area contributed by atoms with Gasteiger partial charge >= 0.3 is 134 Å². The normalized spacial score (nSPS) is 11.5. The minimum Gasteiger partial charge on any atom is 0 e. The first-order valence-electron chi connectivity index (χ1n) is 6.67. The molecule has 0 aliphatic rings. The Labute approximate surface area is 150 Å². The number of rotatable bonds is 3. The second kappa shape index (κ2) is 7.56. The molecule has 21 heavy (non-hydrogen) atoms. The third-order valence-corrected chi connectivity index (χ3v) is 12.5. The fourth-order valence-electron chi connectivity index (χ4n) is 2.50. The van der Waals surface area contributed by atoms with E-state index >= 15 is 0 Å². The third-order valence-electron chi connectivity index (χ3n) is 3.51. The number of hydrogen-bond acceptors (Lipinski definition) is 0. The van der Waals surface area contributed by atoms with Crippen molar-refractivity contribution < 1.29 is 17.1 Å². The van der Waals surface area contributed by atoms with E-state index in [1.165, 1.54) is 15.9 Å². The summed E-state index contributed by atoms with van der Waals surface area (Å²) in [6.07, 6.45) is 0. The maximum atomic E-state index is 2.71. The van der Waals surface area contributed by atoms with E-state index in [0.29, 0.717) is 0 Å². The molecule has 0 unspecified atom stereocenters. The average molecular weight is 454 g/mol. The Morgan fingerprint density at radius 3 is 0.952 bits per heavy atom. The molecular weight excluding hydrogens is 438 g/mol. The largest absolute Gasteiger partial charge is 0 e. The van der Waals surface area contributed by atoms with Gasteiger partial charge in [-0.3, -0.25) is 0 Å². The maximum absolute atomic E-state index is 2.71. The van der Waals surface area contributed by atoms with Crippen molar-refractivity contribution in [2.75, 3.05) is 0 Å². The van der Waals surface area contributed by atoms with Crippen LogP contribution in [0.25, 0.3) is 0 Å². The van der Waals surface area contributed by atoms with Crippen LogP contribution in [0.3, 0.4) is 0 Å². The minimum absolute atomic E-state index is 0. The van der Waals surface area contributed by atoms with Crippen molar-refractivity contribution in [1.82, 2.24) is 0 Å². The molecule has 0 aliphatic carbocycles. The van der Waals surface area contributed by atoms with Gasteiger partial charge in [0.2, 0.25) is 0 Å². The van der Waals surface area contributed by atoms with Crippen molar-refractivity contribution in [3.05, 3.63) is 91.0 Å². The van der Waals surface area contributed by atoms with E-state index in [1.54, 1.807) is 0 Å². The van der Waals surface area contributed by atoms with Crippen LogP contribution in [0.15, 0.2) is 91.0 Å². The first-order valence-corrected chi connectivity index (χ1v) is 11.8. The molecule has 0 fully saturated rings.